The summed E-state index contributed by atoms with van der Waals surface area (Å²) in [7, 11) is 0. The first-order valence-electron chi connectivity index (χ1n) is 11.0. The maximum absolute atomic E-state index is 12.3. The number of alkyl halides is 3. The highest BCUT2D eigenvalue weighted by atomic mass is 19.4. The smallest absolute Gasteiger partial charge is 0.475 e. The molecule has 3 aliphatic heterocycles. The van der Waals surface area contributed by atoms with Crippen molar-refractivity contribution in [1.82, 2.24) is 10.2 Å². The molecule has 5 rings (SSSR count). The van der Waals surface area contributed by atoms with E-state index in [4.69, 9.17) is 24.1 Å². The Morgan fingerprint density at radius 2 is 1.88 bits per heavy atom. The topological polar surface area (TPSA) is 97.3 Å². The fourth-order valence-corrected chi connectivity index (χ4v) is 4.29. The van der Waals surface area contributed by atoms with E-state index in [9.17, 15) is 18.0 Å². The Morgan fingerprint density at radius 3 is 2.58 bits per heavy atom. The average Bonchev–Trinajstić information content (AvgIpc) is 3.30. The molecule has 3 heterocycles. The standard InChI is InChI=1S/C20H26N2O4.C2HF3O2/c23-20(21-9-13-1-2-13)18-8-15-5-6-22(11-19(15)26-18)10-14-3-4-16-17(7-14)25-12-24-16;3-2(4,5)1(6)7/h3-4,7,13,15,18-19H,1-2,5-6,8-12H2,(H,21,23);(H,6,7)/t15-,18+,19-;/m0./s1. The van der Waals surface area contributed by atoms with Crippen molar-refractivity contribution in [2.45, 2.75) is 50.6 Å². The largest absolute Gasteiger partial charge is 0.490 e. The van der Waals surface area contributed by atoms with Crippen molar-refractivity contribution in [3.05, 3.63) is 23.8 Å². The predicted molar refractivity (Wildman–Crippen MR) is 109 cm³/mol. The monoisotopic (exact) mass is 472 g/mol. The number of benzene rings is 1. The number of carbonyl (C=O) groups excluding carboxylic acids is 1. The van der Waals surface area contributed by atoms with Crippen LogP contribution in [0.5, 0.6) is 11.5 Å². The lowest BCUT2D eigenvalue weighted by atomic mass is 9.91. The van der Waals surface area contributed by atoms with Gasteiger partial charge < -0.3 is 24.6 Å². The number of likely N-dealkylation sites (tertiary alicyclic amines) is 1. The van der Waals surface area contributed by atoms with Crippen molar-refractivity contribution in [2.75, 3.05) is 26.4 Å². The molecule has 0 bridgehead atoms. The molecule has 11 heteroatoms. The Bertz CT molecular complexity index is 876. The van der Waals surface area contributed by atoms with Crippen LogP contribution in [0.2, 0.25) is 0 Å². The van der Waals surface area contributed by atoms with Gasteiger partial charge in [0.1, 0.15) is 6.10 Å². The molecule has 8 nitrogen and oxygen atoms in total. The van der Waals surface area contributed by atoms with Crippen LogP contribution in [0.1, 0.15) is 31.2 Å². The van der Waals surface area contributed by atoms with Gasteiger partial charge in [-0.2, -0.15) is 13.2 Å². The van der Waals surface area contributed by atoms with Gasteiger partial charge in [-0.05, 0) is 61.8 Å². The van der Waals surface area contributed by atoms with E-state index in [1.54, 1.807) is 0 Å². The minimum absolute atomic E-state index is 0.0913. The van der Waals surface area contributed by atoms with Crippen LogP contribution >= 0.6 is 0 Å². The van der Waals surface area contributed by atoms with E-state index >= 15 is 0 Å². The summed E-state index contributed by atoms with van der Waals surface area (Å²) in [5.41, 5.74) is 1.23. The second kappa shape index (κ2) is 9.76. The predicted octanol–water partition coefficient (Wildman–Crippen LogP) is 2.55. The van der Waals surface area contributed by atoms with Gasteiger partial charge in [-0.15, -0.1) is 0 Å². The highest BCUT2D eigenvalue weighted by Crippen LogP contribution is 2.36. The molecular weight excluding hydrogens is 445 g/mol. The SMILES string of the molecule is O=C(NCC1CC1)[C@H]1C[C@@H]2CCN(Cc3ccc4c(c3)OCO4)C[C@@H]2O1.O=C(O)C(F)(F)F. The lowest BCUT2D eigenvalue weighted by molar-refractivity contribution is -0.192. The number of halogens is 3. The van der Waals surface area contributed by atoms with Gasteiger partial charge in [0.25, 0.3) is 0 Å². The molecule has 0 aromatic heterocycles. The Morgan fingerprint density at radius 1 is 1.15 bits per heavy atom. The Kier molecular flexibility index (Phi) is 6.99. The molecule has 2 N–H and O–H groups in total. The summed E-state index contributed by atoms with van der Waals surface area (Å²) < 4.78 is 48.7. The summed E-state index contributed by atoms with van der Waals surface area (Å²) in [5.74, 6) is 0.217. The summed E-state index contributed by atoms with van der Waals surface area (Å²) >= 11 is 0. The number of hydrogen-bond acceptors (Lipinski definition) is 6. The van der Waals surface area contributed by atoms with Crippen molar-refractivity contribution in [3.8, 4) is 11.5 Å². The number of fused-ring (bicyclic) bond motifs is 2. The van der Waals surface area contributed by atoms with E-state index in [2.05, 4.69) is 22.3 Å². The fraction of sp³-hybridized carbons (Fsp3) is 0.636. The third kappa shape index (κ3) is 6.29. The normalized spacial score (nSPS) is 26.2. The van der Waals surface area contributed by atoms with Crippen molar-refractivity contribution < 1.29 is 42.1 Å². The lowest BCUT2D eigenvalue weighted by Crippen LogP contribution is -2.42. The van der Waals surface area contributed by atoms with Crippen LogP contribution in [-0.4, -0.2) is 66.7 Å². The Labute approximate surface area is 189 Å². The summed E-state index contributed by atoms with van der Waals surface area (Å²) in [4.78, 5) is 23.6. The number of hydrogen-bond donors (Lipinski definition) is 2. The molecular formula is C22H27F3N2O6. The summed E-state index contributed by atoms with van der Waals surface area (Å²) in [5, 5.41) is 10.2. The lowest BCUT2D eigenvalue weighted by Gasteiger charge is -2.34. The molecule has 2 saturated heterocycles. The minimum atomic E-state index is -5.08. The van der Waals surface area contributed by atoms with Crippen molar-refractivity contribution in [2.24, 2.45) is 11.8 Å². The van der Waals surface area contributed by atoms with Crippen LogP contribution in [0.15, 0.2) is 18.2 Å². The van der Waals surface area contributed by atoms with Gasteiger partial charge in [0.05, 0.1) is 6.10 Å². The minimum Gasteiger partial charge on any atom is -0.475 e. The number of aliphatic carboxylic acids is 1. The van der Waals surface area contributed by atoms with E-state index in [-0.39, 0.29) is 18.1 Å². The van der Waals surface area contributed by atoms with Gasteiger partial charge in [-0.3, -0.25) is 9.69 Å². The van der Waals surface area contributed by atoms with Gasteiger partial charge >= 0.3 is 12.1 Å². The molecule has 1 amide bonds. The van der Waals surface area contributed by atoms with Gasteiger partial charge in [0.2, 0.25) is 12.7 Å². The fourth-order valence-electron chi connectivity index (χ4n) is 4.29. The first-order valence-corrected chi connectivity index (χ1v) is 11.0. The summed E-state index contributed by atoms with van der Waals surface area (Å²) in [6.45, 7) is 3.96. The van der Waals surface area contributed by atoms with E-state index in [0.29, 0.717) is 18.6 Å². The molecule has 3 atom stereocenters. The number of nitrogens with one attached hydrogen (secondary N) is 1. The average molecular weight is 472 g/mol. The summed E-state index contributed by atoms with van der Waals surface area (Å²) in [6.07, 6.45) is -0.679. The second-order valence-electron chi connectivity index (χ2n) is 8.86. The number of nitrogens with zero attached hydrogens (tertiary/aromatic N) is 1. The number of ether oxygens (including phenoxy) is 3. The number of rotatable bonds is 5. The molecule has 1 saturated carbocycles. The molecule has 182 valence electrons. The molecule has 0 radical (unpaired) electrons. The molecule has 33 heavy (non-hydrogen) atoms. The first kappa shape index (κ1) is 23.6. The number of carbonyl (C=O) groups is 2. The molecule has 4 aliphatic rings. The van der Waals surface area contributed by atoms with Crippen LogP contribution in [0.4, 0.5) is 13.2 Å². The van der Waals surface area contributed by atoms with Crippen LogP contribution in [0.3, 0.4) is 0 Å². The zero-order chi connectivity index (χ0) is 23.6. The van der Waals surface area contributed by atoms with E-state index in [1.807, 2.05) is 6.07 Å². The first-order chi connectivity index (χ1) is 15.7. The number of amides is 1. The third-order valence-electron chi connectivity index (χ3n) is 6.28. The van der Waals surface area contributed by atoms with Crippen molar-refractivity contribution >= 4 is 11.9 Å². The maximum atomic E-state index is 12.3. The van der Waals surface area contributed by atoms with Crippen LogP contribution in [-0.2, 0) is 20.9 Å². The van der Waals surface area contributed by atoms with E-state index in [0.717, 1.165) is 50.5 Å². The zero-order valence-electron chi connectivity index (χ0n) is 18.0. The van der Waals surface area contributed by atoms with Gasteiger partial charge in [0.15, 0.2) is 11.5 Å². The maximum Gasteiger partial charge on any atom is 0.490 e. The zero-order valence-corrected chi connectivity index (χ0v) is 18.0. The molecule has 0 unspecified atom stereocenters. The Hall–Kier alpha value is -2.53. The van der Waals surface area contributed by atoms with E-state index in [1.165, 1.54) is 18.4 Å². The second-order valence-corrected chi connectivity index (χ2v) is 8.86. The molecule has 1 aliphatic carbocycles. The van der Waals surface area contributed by atoms with Crippen molar-refractivity contribution in [1.29, 1.82) is 0 Å². The highest BCUT2D eigenvalue weighted by molar-refractivity contribution is 5.81. The van der Waals surface area contributed by atoms with Gasteiger partial charge in [0, 0.05) is 19.6 Å². The molecule has 3 fully saturated rings. The summed E-state index contributed by atoms with van der Waals surface area (Å²) in [6, 6.07) is 6.15. The van der Waals surface area contributed by atoms with Crippen LogP contribution in [0.25, 0.3) is 0 Å². The highest BCUT2D eigenvalue weighted by Gasteiger charge is 2.42. The molecule has 1 aromatic rings. The molecule has 1 aromatic carbocycles. The number of carboxylic acids is 1. The molecule has 0 spiro atoms. The quantitative estimate of drug-likeness (QED) is 0.680. The van der Waals surface area contributed by atoms with Crippen molar-refractivity contribution in [3.63, 3.8) is 0 Å². The van der Waals surface area contributed by atoms with Crippen LogP contribution < -0.4 is 14.8 Å². The third-order valence-corrected chi connectivity index (χ3v) is 6.28. The number of carboxylic acid groups (broad SMARTS) is 1. The number of piperidine rings is 1. The Balaban J connectivity index is 0.000000325. The van der Waals surface area contributed by atoms with E-state index < -0.39 is 12.1 Å². The van der Waals surface area contributed by atoms with Crippen LogP contribution in [0, 0.1) is 11.8 Å². The van der Waals surface area contributed by atoms with Gasteiger partial charge in [-0.1, -0.05) is 6.07 Å². The van der Waals surface area contributed by atoms with Gasteiger partial charge in [-0.25, -0.2) is 4.79 Å².